The topological polar surface area (TPSA) is 53.5 Å². The number of amides is 2. The highest BCUT2D eigenvalue weighted by atomic mass is 35.5. The van der Waals surface area contributed by atoms with Gasteiger partial charge in [-0.05, 0) is 72.3 Å². The van der Waals surface area contributed by atoms with Gasteiger partial charge in [0, 0.05) is 33.8 Å². The second-order valence-electron chi connectivity index (χ2n) is 7.55. The summed E-state index contributed by atoms with van der Waals surface area (Å²) >= 11 is 12.2. The van der Waals surface area contributed by atoms with Crippen LogP contribution in [0, 0.1) is 0 Å². The quantitative estimate of drug-likeness (QED) is 0.304. The lowest BCUT2D eigenvalue weighted by Crippen LogP contribution is -2.29. The van der Waals surface area contributed by atoms with Crippen LogP contribution in [-0.2, 0) is 6.54 Å². The van der Waals surface area contributed by atoms with Crippen molar-refractivity contribution in [2.45, 2.75) is 6.54 Å². The first-order valence-corrected chi connectivity index (χ1v) is 11.0. The van der Waals surface area contributed by atoms with Crippen molar-refractivity contribution in [3.8, 4) is 0 Å². The van der Waals surface area contributed by atoms with Crippen molar-refractivity contribution in [2.75, 3.05) is 4.90 Å². The number of aromatic nitrogens is 1. The molecule has 4 aromatic rings. The molecule has 0 bridgehead atoms. The lowest BCUT2D eigenvalue weighted by molar-refractivity contribution is 0.0642. The van der Waals surface area contributed by atoms with Gasteiger partial charge in [0.25, 0.3) is 11.8 Å². The van der Waals surface area contributed by atoms with E-state index in [9.17, 15) is 9.59 Å². The molecule has 5 nitrogen and oxygen atoms in total. The molecular formula is C26H17Cl2N3O2. The van der Waals surface area contributed by atoms with Crippen molar-refractivity contribution >= 4 is 52.1 Å². The van der Waals surface area contributed by atoms with Gasteiger partial charge in [-0.15, -0.1) is 0 Å². The average molecular weight is 474 g/mol. The largest absolute Gasteiger partial charge is 0.310 e. The van der Waals surface area contributed by atoms with Gasteiger partial charge in [-0.2, -0.15) is 0 Å². The number of rotatable bonds is 5. The smallest absolute Gasteiger partial charge is 0.264 e. The number of fused-ring (bicyclic) bond motifs is 1. The van der Waals surface area contributed by atoms with Crippen LogP contribution in [0.5, 0.6) is 0 Å². The number of pyridine rings is 1. The van der Waals surface area contributed by atoms with Crippen LogP contribution >= 0.6 is 23.2 Å². The van der Waals surface area contributed by atoms with Crippen LogP contribution in [0.15, 0.2) is 91.3 Å². The van der Waals surface area contributed by atoms with E-state index < -0.39 is 0 Å². The summed E-state index contributed by atoms with van der Waals surface area (Å²) < 4.78 is 0. The van der Waals surface area contributed by atoms with Crippen molar-refractivity contribution in [3.05, 3.63) is 118 Å². The summed E-state index contributed by atoms with van der Waals surface area (Å²) in [6.45, 7) is 0.154. The van der Waals surface area contributed by atoms with E-state index in [0.29, 0.717) is 26.9 Å². The van der Waals surface area contributed by atoms with Crippen LogP contribution in [0.3, 0.4) is 0 Å². The van der Waals surface area contributed by atoms with Gasteiger partial charge in [0.15, 0.2) is 0 Å². The summed E-state index contributed by atoms with van der Waals surface area (Å²) in [6, 6.07) is 23.5. The number of imide groups is 1. The number of halogens is 2. The van der Waals surface area contributed by atoms with Gasteiger partial charge in [0.05, 0.1) is 23.4 Å². The zero-order chi connectivity index (χ0) is 22.9. The van der Waals surface area contributed by atoms with Crippen LogP contribution in [-0.4, -0.2) is 21.7 Å². The molecule has 0 fully saturated rings. The molecule has 33 heavy (non-hydrogen) atoms. The highest BCUT2D eigenvalue weighted by Gasteiger charge is 2.38. The summed E-state index contributed by atoms with van der Waals surface area (Å²) in [7, 11) is 0. The van der Waals surface area contributed by atoms with E-state index in [2.05, 4.69) is 4.98 Å². The lowest BCUT2D eigenvalue weighted by Gasteiger charge is -2.27. The first-order chi connectivity index (χ1) is 16.0. The zero-order valence-electron chi connectivity index (χ0n) is 17.3. The van der Waals surface area contributed by atoms with Crippen molar-refractivity contribution < 1.29 is 9.59 Å². The molecule has 0 saturated heterocycles. The van der Waals surface area contributed by atoms with Gasteiger partial charge in [-0.1, -0.05) is 35.3 Å². The molecule has 0 atom stereocenters. The maximum atomic E-state index is 13.5. The number of carbonyl (C=O) groups is 2. The number of carbonyl (C=O) groups excluding carboxylic acids is 2. The van der Waals surface area contributed by atoms with E-state index >= 15 is 0 Å². The SMILES string of the molecule is O=C1c2cccc(N(c3ccc(Cl)cc3)c3ccc(Cl)cc3)c2C(=O)N1Cc1cccnc1. The van der Waals surface area contributed by atoms with Gasteiger partial charge in [-0.25, -0.2) is 0 Å². The molecule has 2 heterocycles. The minimum absolute atomic E-state index is 0.154. The van der Waals surface area contributed by atoms with Crippen LogP contribution in [0.1, 0.15) is 26.3 Å². The molecule has 0 unspecified atom stereocenters. The predicted octanol–water partition coefficient (Wildman–Crippen LogP) is 6.65. The monoisotopic (exact) mass is 473 g/mol. The van der Waals surface area contributed by atoms with Crippen LogP contribution < -0.4 is 4.90 Å². The van der Waals surface area contributed by atoms with Gasteiger partial charge in [0.1, 0.15) is 0 Å². The minimum Gasteiger partial charge on any atom is -0.310 e. The third kappa shape index (κ3) is 3.97. The third-order valence-electron chi connectivity index (χ3n) is 5.45. The molecule has 2 amide bonds. The Kier molecular flexibility index (Phi) is 5.58. The van der Waals surface area contributed by atoms with Crippen molar-refractivity contribution in [2.24, 2.45) is 0 Å². The van der Waals surface area contributed by atoms with Gasteiger partial charge >= 0.3 is 0 Å². The maximum Gasteiger partial charge on any atom is 0.264 e. The molecule has 1 aliphatic heterocycles. The first kappa shape index (κ1) is 21.2. The Labute approximate surface area is 200 Å². The predicted molar refractivity (Wildman–Crippen MR) is 130 cm³/mol. The molecule has 0 saturated carbocycles. The Bertz CT molecular complexity index is 1300. The summed E-state index contributed by atoms with van der Waals surface area (Å²) in [6.07, 6.45) is 3.30. The Morgan fingerprint density at radius 2 is 1.39 bits per heavy atom. The van der Waals surface area contributed by atoms with E-state index in [-0.39, 0.29) is 18.4 Å². The zero-order valence-corrected chi connectivity index (χ0v) is 18.8. The molecule has 162 valence electrons. The summed E-state index contributed by atoms with van der Waals surface area (Å²) in [5.41, 5.74) is 3.69. The number of hydrogen-bond acceptors (Lipinski definition) is 4. The van der Waals surface area contributed by atoms with Crippen LogP contribution in [0.25, 0.3) is 0 Å². The van der Waals surface area contributed by atoms with E-state index in [1.807, 2.05) is 41.3 Å². The van der Waals surface area contributed by atoms with Crippen LogP contribution in [0.4, 0.5) is 17.1 Å². The van der Waals surface area contributed by atoms with E-state index in [1.165, 1.54) is 4.90 Å². The van der Waals surface area contributed by atoms with Crippen LogP contribution in [0.2, 0.25) is 10.0 Å². The van der Waals surface area contributed by atoms with Crippen molar-refractivity contribution in [1.29, 1.82) is 0 Å². The summed E-state index contributed by atoms with van der Waals surface area (Å²) in [5, 5.41) is 1.20. The standard InChI is InChI=1S/C26H17Cl2N3O2/c27-18-6-10-20(11-7-18)31(21-12-8-19(28)9-13-21)23-5-1-4-22-24(23)26(33)30(25(22)32)16-17-3-2-14-29-15-17/h1-15H,16H2. The lowest BCUT2D eigenvalue weighted by atomic mass is 10.0. The molecule has 0 aliphatic carbocycles. The molecule has 3 aromatic carbocycles. The molecule has 0 spiro atoms. The fraction of sp³-hybridized carbons (Fsp3) is 0.0385. The Hall–Kier alpha value is -3.67. The third-order valence-corrected chi connectivity index (χ3v) is 5.96. The molecule has 0 N–H and O–H groups in total. The molecule has 0 radical (unpaired) electrons. The molecule has 1 aliphatic rings. The normalized spacial score (nSPS) is 12.7. The number of nitrogens with zero attached hydrogens (tertiary/aromatic N) is 3. The second kappa shape index (κ2) is 8.70. The van der Waals surface area contributed by atoms with Gasteiger partial charge in [-0.3, -0.25) is 19.5 Å². The fourth-order valence-corrected chi connectivity index (χ4v) is 4.18. The Morgan fingerprint density at radius 1 is 0.758 bits per heavy atom. The summed E-state index contributed by atoms with van der Waals surface area (Å²) in [5.74, 6) is -0.671. The fourth-order valence-electron chi connectivity index (χ4n) is 3.93. The molecule has 1 aromatic heterocycles. The maximum absolute atomic E-state index is 13.5. The summed E-state index contributed by atoms with van der Waals surface area (Å²) in [4.78, 5) is 34.0. The number of anilines is 3. The Balaban J connectivity index is 1.63. The molecule has 5 rings (SSSR count). The number of hydrogen-bond donors (Lipinski definition) is 0. The Morgan fingerprint density at radius 3 is 1.97 bits per heavy atom. The first-order valence-electron chi connectivity index (χ1n) is 10.2. The minimum atomic E-state index is -0.345. The van der Waals surface area contributed by atoms with Gasteiger partial charge < -0.3 is 4.90 Å². The van der Waals surface area contributed by atoms with Gasteiger partial charge in [0.2, 0.25) is 0 Å². The van der Waals surface area contributed by atoms with Crippen molar-refractivity contribution in [3.63, 3.8) is 0 Å². The van der Waals surface area contributed by atoms with E-state index in [0.717, 1.165) is 16.9 Å². The van der Waals surface area contributed by atoms with Crippen molar-refractivity contribution in [1.82, 2.24) is 9.88 Å². The average Bonchev–Trinajstić information content (AvgIpc) is 3.08. The highest BCUT2D eigenvalue weighted by molar-refractivity contribution is 6.31. The van der Waals surface area contributed by atoms with E-state index in [1.54, 1.807) is 54.9 Å². The molecule has 7 heteroatoms. The highest BCUT2D eigenvalue weighted by Crippen LogP contribution is 2.41. The number of benzene rings is 3. The second-order valence-corrected chi connectivity index (χ2v) is 8.42. The van der Waals surface area contributed by atoms with E-state index in [4.69, 9.17) is 23.2 Å². The molecular weight excluding hydrogens is 457 g/mol.